The second-order valence-corrected chi connectivity index (χ2v) is 6.61. The summed E-state index contributed by atoms with van der Waals surface area (Å²) in [7, 11) is 0. The van der Waals surface area contributed by atoms with Gasteiger partial charge in [0.1, 0.15) is 5.75 Å². The van der Waals surface area contributed by atoms with E-state index in [1.807, 2.05) is 0 Å². The van der Waals surface area contributed by atoms with Gasteiger partial charge in [-0.25, -0.2) is 4.79 Å². The van der Waals surface area contributed by atoms with E-state index in [2.05, 4.69) is 4.90 Å². The van der Waals surface area contributed by atoms with Crippen molar-refractivity contribution < 1.29 is 19.4 Å². The average Bonchev–Trinajstić information content (AvgIpc) is 3.00. The van der Waals surface area contributed by atoms with E-state index in [-0.39, 0.29) is 11.5 Å². The quantitative estimate of drug-likeness (QED) is 0.919. The summed E-state index contributed by atoms with van der Waals surface area (Å²) >= 11 is 0. The lowest BCUT2D eigenvalue weighted by Crippen LogP contribution is -2.54. The summed E-state index contributed by atoms with van der Waals surface area (Å²) in [5.74, 6) is -0.641. The minimum atomic E-state index is -1.00. The molecule has 1 aromatic rings. The molecule has 1 fully saturated rings. The van der Waals surface area contributed by atoms with Crippen LogP contribution in [0.5, 0.6) is 5.75 Å². The van der Waals surface area contributed by atoms with Crippen molar-refractivity contribution in [1.82, 2.24) is 4.90 Å². The number of likely N-dealkylation sites (tertiary alicyclic amines) is 1. The maximum atomic E-state index is 12.7. The first-order valence-electron chi connectivity index (χ1n) is 7.99. The number of carbonyl (C=O) groups is 2. The third-order valence-electron chi connectivity index (χ3n) is 4.46. The van der Waals surface area contributed by atoms with Crippen molar-refractivity contribution in [2.75, 3.05) is 31.1 Å². The van der Waals surface area contributed by atoms with Gasteiger partial charge in [0, 0.05) is 13.1 Å². The molecular weight excluding hydrogens is 296 g/mol. The normalized spacial score (nSPS) is 20.3. The molecule has 0 aromatic heterocycles. The Balaban J connectivity index is 1.88. The van der Waals surface area contributed by atoms with Gasteiger partial charge in [-0.3, -0.25) is 4.79 Å². The molecule has 0 radical (unpaired) electrons. The molecule has 23 heavy (non-hydrogen) atoms. The number of amides is 1. The summed E-state index contributed by atoms with van der Waals surface area (Å²) < 4.78 is 5.76. The highest BCUT2D eigenvalue weighted by molar-refractivity contribution is 6.03. The number of ether oxygens (including phenoxy) is 1. The summed E-state index contributed by atoms with van der Waals surface area (Å²) in [4.78, 5) is 27.9. The van der Waals surface area contributed by atoms with Gasteiger partial charge in [0.25, 0.3) is 5.91 Å². The van der Waals surface area contributed by atoms with E-state index in [9.17, 15) is 9.59 Å². The second kappa shape index (κ2) is 5.85. The molecule has 2 aliphatic rings. The van der Waals surface area contributed by atoms with Gasteiger partial charge in [0.05, 0.1) is 11.3 Å². The molecular formula is C17H22N2O4. The first-order valence-corrected chi connectivity index (χ1v) is 7.99. The van der Waals surface area contributed by atoms with Crippen LogP contribution in [0.15, 0.2) is 18.2 Å². The van der Waals surface area contributed by atoms with Crippen LogP contribution in [0.2, 0.25) is 0 Å². The molecule has 2 heterocycles. The van der Waals surface area contributed by atoms with Crippen LogP contribution < -0.4 is 9.64 Å². The van der Waals surface area contributed by atoms with E-state index in [0.717, 1.165) is 19.6 Å². The number of carbonyl (C=O) groups excluding carboxylic acids is 1. The van der Waals surface area contributed by atoms with Crippen molar-refractivity contribution in [2.24, 2.45) is 0 Å². The van der Waals surface area contributed by atoms with Crippen LogP contribution in [0.3, 0.4) is 0 Å². The Hall–Kier alpha value is -2.08. The second-order valence-electron chi connectivity index (χ2n) is 6.61. The topological polar surface area (TPSA) is 70.1 Å². The largest absolute Gasteiger partial charge is 0.478 e. The fraction of sp³-hybridized carbons (Fsp3) is 0.529. The highest BCUT2D eigenvalue weighted by Crippen LogP contribution is 2.38. The number of anilines is 1. The van der Waals surface area contributed by atoms with Crippen molar-refractivity contribution >= 4 is 17.6 Å². The van der Waals surface area contributed by atoms with Crippen molar-refractivity contribution in [3.05, 3.63) is 23.8 Å². The van der Waals surface area contributed by atoms with E-state index in [1.54, 1.807) is 24.8 Å². The van der Waals surface area contributed by atoms with Crippen molar-refractivity contribution in [3.8, 4) is 5.75 Å². The Morgan fingerprint density at radius 3 is 2.61 bits per heavy atom. The summed E-state index contributed by atoms with van der Waals surface area (Å²) in [6, 6.07) is 4.67. The number of fused-ring (bicyclic) bond motifs is 1. The lowest BCUT2D eigenvalue weighted by molar-refractivity contribution is -0.132. The summed E-state index contributed by atoms with van der Waals surface area (Å²) in [5, 5.41) is 9.14. The van der Waals surface area contributed by atoms with Gasteiger partial charge >= 0.3 is 5.97 Å². The molecule has 2 aliphatic heterocycles. The molecule has 6 nitrogen and oxygen atoms in total. The van der Waals surface area contributed by atoms with E-state index >= 15 is 0 Å². The minimum absolute atomic E-state index is 0.0905. The predicted molar refractivity (Wildman–Crippen MR) is 86.1 cm³/mol. The van der Waals surface area contributed by atoms with Crippen LogP contribution in [0.1, 0.15) is 37.0 Å². The molecule has 0 bridgehead atoms. The molecule has 3 rings (SSSR count). The zero-order valence-corrected chi connectivity index (χ0v) is 13.5. The van der Waals surface area contributed by atoms with Crippen molar-refractivity contribution in [3.63, 3.8) is 0 Å². The minimum Gasteiger partial charge on any atom is -0.478 e. The highest BCUT2D eigenvalue weighted by atomic mass is 16.5. The van der Waals surface area contributed by atoms with E-state index < -0.39 is 11.6 Å². The molecule has 1 saturated heterocycles. The third-order valence-corrected chi connectivity index (χ3v) is 4.46. The van der Waals surface area contributed by atoms with Gasteiger partial charge in [-0.05, 0) is 58.0 Å². The number of hydrogen-bond donors (Lipinski definition) is 1. The third kappa shape index (κ3) is 3.03. The highest BCUT2D eigenvalue weighted by Gasteiger charge is 2.41. The van der Waals surface area contributed by atoms with Gasteiger partial charge in [-0.2, -0.15) is 0 Å². The number of carboxylic acids is 1. The maximum Gasteiger partial charge on any atom is 0.335 e. The van der Waals surface area contributed by atoms with Gasteiger partial charge in [-0.15, -0.1) is 0 Å². The fourth-order valence-electron chi connectivity index (χ4n) is 3.17. The van der Waals surface area contributed by atoms with Gasteiger partial charge < -0.3 is 19.6 Å². The lowest BCUT2D eigenvalue weighted by Gasteiger charge is -2.39. The Labute approximate surface area is 135 Å². The number of hydrogen-bond acceptors (Lipinski definition) is 4. The molecule has 1 aromatic carbocycles. The van der Waals surface area contributed by atoms with Crippen molar-refractivity contribution in [1.29, 1.82) is 0 Å². The predicted octanol–water partition coefficient (Wildman–Crippen LogP) is 1.98. The van der Waals surface area contributed by atoms with Gasteiger partial charge in [-0.1, -0.05) is 0 Å². The summed E-state index contributed by atoms with van der Waals surface area (Å²) in [6.45, 7) is 7.00. The Morgan fingerprint density at radius 2 is 1.96 bits per heavy atom. The zero-order chi connectivity index (χ0) is 16.6. The monoisotopic (exact) mass is 318 g/mol. The van der Waals surface area contributed by atoms with Crippen LogP contribution in [0, 0.1) is 0 Å². The Morgan fingerprint density at radius 1 is 1.26 bits per heavy atom. The molecule has 0 unspecified atom stereocenters. The molecule has 0 spiro atoms. The van der Waals surface area contributed by atoms with Crippen LogP contribution in [-0.2, 0) is 4.79 Å². The van der Waals surface area contributed by atoms with E-state index in [4.69, 9.17) is 9.84 Å². The molecule has 0 saturated carbocycles. The first kappa shape index (κ1) is 15.8. The first-order chi connectivity index (χ1) is 10.9. The molecule has 1 N–H and O–H groups in total. The molecule has 6 heteroatoms. The van der Waals surface area contributed by atoms with E-state index in [1.165, 1.54) is 25.0 Å². The Kier molecular flexibility index (Phi) is 4.02. The Bertz CT molecular complexity index is 635. The number of aromatic carboxylic acids is 1. The smallest absolute Gasteiger partial charge is 0.335 e. The van der Waals surface area contributed by atoms with E-state index in [0.29, 0.717) is 18.0 Å². The fourth-order valence-corrected chi connectivity index (χ4v) is 3.17. The molecule has 0 atom stereocenters. The number of benzene rings is 1. The van der Waals surface area contributed by atoms with Gasteiger partial charge in [0.2, 0.25) is 0 Å². The average molecular weight is 318 g/mol. The summed E-state index contributed by atoms with van der Waals surface area (Å²) in [5.41, 5.74) is -0.179. The lowest BCUT2D eigenvalue weighted by atomic mass is 10.0. The van der Waals surface area contributed by atoms with Crippen LogP contribution >= 0.6 is 0 Å². The van der Waals surface area contributed by atoms with Crippen LogP contribution in [0.25, 0.3) is 0 Å². The van der Waals surface area contributed by atoms with Crippen LogP contribution in [0.4, 0.5) is 5.69 Å². The maximum absolute atomic E-state index is 12.7. The molecule has 1 amide bonds. The molecule has 124 valence electrons. The van der Waals surface area contributed by atoms with Crippen LogP contribution in [-0.4, -0.2) is 53.7 Å². The SMILES string of the molecule is CC1(C)Oc2cc(C(=O)O)ccc2N(CCN2CCCC2)C1=O. The van der Waals surface area contributed by atoms with Gasteiger partial charge in [0.15, 0.2) is 5.60 Å². The number of carboxylic acid groups (broad SMARTS) is 1. The molecule has 0 aliphatic carbocycles. The zero-order valence-electron chi connectivity index (χ0n) is 13.5. The number of rotatable bonds is 4. The number of nitrogens with zero attached hydrogens (tertiary/aromatic N) is 2. The summed E-state index contributed by atoms with van der Waals surface area (Å²) in [6.07, 6.45) is 2.42. The standard InChI is InChI=1S/C17H22N2O4/c1-17(2)16(22)19(10-9-18-7-3-4-8-18)13-6-5-12(15(20)21)11-14(13)23-17/h5-6,11H,3-4,7-10H2,1-2H3,(H,20,21). The van der Waals surface area contributed by atoms with Crippen molar-refractivity contribution in [2.45, 2.75) is 32.3 Å².